The number of rotatable bonds is 6. The van der Waals surface area contributed by atoms with Crippen molar-refractivity contribution in [2.45, 2.75) is 18.4 Å². The molecule has 1 heterocycles. The number of nitrogens with zero attached hydrogens (tertiary/aromatic N) is 1. The maximum absolute atomic E-state index is 12.4. The first-order valence-electron chi connectivity index (χ1n) is 7.56. The standard InChI is InChI=1S/C18H16N2O4S/c1-13(21)15-8-5-9-16(10-15)25(22,23)20-12-18-19-11-17(24-18)14-6-3-2-4-7-14/h2-11,20H,12H2,1H3. The monoisotopic (exact) mass is 356 g/mol. The van der Waals surface area contributed by atoms with E-state index >= 15 is 0 Å². The van der Waals surface area contributed by atoms with Crippen LogP contribution < -0.4 is 4.72 Å². The molecule has 7 heteroatoms. The van der Waals surface area contributed by atoms with Crippen LogP contribution in [0.2, 0.25) is 0 Å². The van der Waals surface area contributed by atoms with E-state index in [2.05, 4.69) is 9.71 Å². The molecule has 1 N–H and O–H groups in total. The van der Waals surface area contributed by atoms with Gasteiger partial charge in [0.05, 0.1) is 17.6 Å². The second-order valence-corrected chi connectivity index (χ2v) is 7.16. The van der Waals surface area contributed by atoms with E-state index in [1.807, 2.05) is 30.3 Å². The molecule has 3 rings (SSSR count). The zero-order valence-corrected chi connectivity index (χ0v) is 14.3. The summed E-state index contributed by atoms with van der Waals surface area (Å²) in [6.07, 6.45) is 1.55. The number of carbonyl (C=O) groups excluding carboxylic acids is 1. The molecule has 0 fully saturated rings. The van der Waals surface area contributed by atoms with Gasteiger partial charge in [0, 0.05) is 11.1 Å². The zero-order valence-electron chi connectivity index (χ0n) is 13.5. The predicted molar refractivity (Wildman–Crippen MR) is 92.4 cm³/mol. The van der Waals surface area contributed by atoms with Gasteiger partial charge in [0.15, 0.2) is 11.5 Å². The number of benzene rings is 2. The van der Waals surface area contributed by atoms with Gasteiger partial charge >= 0.3 is 0 Å². The van der Waals surface area contributed by atoms with Crippen molar-refractivity contribution in [2.75, 3.05) is 0 Å². The van der Waals surface area contributed by atoms with E-state index in [4.69, 9.17) is 4.42 Å². The van der Waals surface area contributed by atoms with Crippen molar-refractivity contribution in [2.24, 2.45) is 0 Å². The Morgan fingerprint density at radius 2 is 1.88 bits per heavy atom. The highest BCUT2D eigenvalue weighted by Crippen LogP contribution is 2.20. The molecule has 0 unspecified atom stereocenters. The van der Waals surface area contributed by atoms with Crippen molar-refractivity contribution in [3.63, 3.8) is 0 Å². The second kappa shape index (κ2) is 7.00. The molecule has 0 bridgehead atoms. The summed E-state index contributed by atoms with van der Waals surface area (Å²) in [5, 5.41) is 0. The third-order valence-corrected chi connectivity index (χ3v) is 4.98. The number of nitrogens with one attached hydrogen (secondary N) is 1. The van der Waals surface area contributed by atoms with Crippen molar-refractivity contribution in [1.29, 1.82) is 0 Å². The Bertz CT molecular complexity index is 995. The molecule has 0 aliphatic carbocycles. The Kier molecular flexibility index (Phi) is 4.78. The summed E-state index contributed by atoms with van der Waals surface area (Å²) in [5.74, 6) is 0.621. The fourth-order valence-corrected chi connectivity index (χ4v) is 3.27. The summed E-state index contributed by atoms with van der Waals surface area (Å²) < 4.78 is 32.7. The predicted octanol–water partition coefficient (Wildman–Crippen LogP) is 3.02. The first kappa shape index (κ1) is 17.1. The average Bonchev–Trinajstić information content (AvgIpc) is 3.10. The minimum atomic E-state index is -3.77. The molecule has 0 amide bonds. The highest BCUT2D eigenvalue weighted by molar-refractivity contribution is 7.89. The number of carbonyl (C=O) groups is 1. The molecule has 0 spiro atoms. The molecule has 0 aliphatic heterocycles. The van der Waals surface area contributed by atoms with Gasteiger partial charge in [-0.1, -0.05) is 42.5 Å². The van der Waals surface area contributed by atoms with Gasteiger partial charge in [0.25, 0.3) is 0 Å². The molecule has 2 aromatic carbocycles. The van der Waals surface area contributed by atoms with Gasteiger partial charge in [-0.25, -0.2) is 18.1 Å². The fourth-order valence-electron chi connectivity index (χ4n) is 2.25. The van der Waals surface area contributed by atoms with Gasteiger partial charge in [0.1, 0.15) is 0 Å². The fraction of sp³-hybridized carbons (Fsp3) is 0.111. The molecule has 0 saturated heterocycles. The minimum absolute atomic E-state index is 0.0232. The van der Waals surface area contributed by atoms with E-state index in [0.29, 0.717) is 11.3 Å². The quantitative estimate of drug-likeness (QED) is 0.686. The van der Waals surface area contributed by atoms with Crippen LogP contribution in [0, 0.1) is 0 Å². The molecule has 0 saturated carbocycles. The zero-order chi connectivity index (χ0) is 17.9. The number of aromatic nitrogens is 1. The first-order chi connectivity index (χ1) is 12.0. The molecular weight excluding hydrogens is 340 g/mol. The summed E-state index contributed by atoms with van der Waals surface area (Å²) in [6.45, 7) is 1.30. The highest BCUT2D eigenvalue weighted by Gasteiger charge is 2.16. The number of sulfonamides is 1. The number of hydrogen-bond donors (Lipinski definition) is 1. The molecule has 0 aliphatic rings. The van der Waals surface area contributed by atoms with Gasteiger partial charge in [-0.05, 0) is 19.1 Å². The normalized spacial score (nSPS) is 11.4. The average molecular weight is 356 g/mol. The Morgan fingerprint density at radius 3 is 2.60 bits per heavy atom. The Morgan fingerprint density at radius 1 is 1.12 bits per heavy atom. The van der Waals surface area contributed by atoms with E-state index in [9.17, 15) is 13.2 Å². The molecule has 6 nitrogen and oxygen atoms in total. The van der Waals surface area contributed by atoms with Gasteiger partial charge < -0.3 is 4.42 Å². The summed E-state index contributed by atoms with van der Waals surface area (Å²) in [5.41, 5.74) is 1.20. The highest BCUT2D eigenvalue weighted by atomic mass is 32.2. The van der Waals surface area contributed by atoms with Crippen molar-refractivity contribution in [3.05, 3.63) is 72.2 Å². The van der Waals surface area contributed by atoms with Gasteiger partial charge in [-0.3, -0.25) is 4.79 Å². The van der Waals surface area contributed by atoms with Crippen LogP contribution in [0.15, 0.2) is 70.1 Å². The van der Waals surface area contributed by atoms with Crippen LogP contribution in [0.5, 0.6) is 0 Å². The summed E-state index contributed by atoms with van der Waals surface area (Å²) in [4.78, 5) is 15.5. The van der Waals surface area contributed by atoms with Crippen LogP contribution in [0.1, 0.15) is 23.2 Å². The number of hydrogen-bond acceptors (Lipinski definition) is 5. The van der Waals surface area contributed by atoms with E-state index < -0.39 is 10.0 Å². The molecule has 0 radical (unpaired) electrons. The first-order valence-corrected chi connectivity index (χ1v) is 9.05. The lowest BCUT2D eigenvalue weighted by molar-refractivity contribution is 0.101. The number of oxazole rings is 1. The van der Waals surface area contributed by atoms with Crippen molar-refractivity contribution in [1.82, 2.24) is 9.71 Å². The molecular formula is C18H16N2O4S. The van der Waals surface area contributed by atoms with Crippen LogP contribution in [-0.4, -0.2) is 19.2 Å². The summed E-state index contributed by atoms with van der Waals surface area (Å²) >= 11 is 0. The number of Topliss-reactive ketones (excluding diaryl/α,β-unsaturated/α-hetero) is 1. The van der Waals surface area contributed by atoms with Gasteiger partial charge in [-0.15, -0.1) is 0 Å². The maximum Gasteiger partial charge on any atom is 0.241 e. The minimum Gasteiger partial charge on any atom is -0.439 e. The SMILES string of the molecule is CC(=O)c1cccc(S(=O)(=O)NCc2ncc(-c3ccccc3)o2)c1. The topological polar surface area (TPSA) is 89.3 Å². The Labute approximate surface area is 145 Å². The molecule has 128 valence electrons. The number of ketones is 1. The van der Waals surface area contributed by atoms with Crippen molar-refractivity contribution in [3.8, 4) is 11.3 Å². The van der Waals surface area contributed by atoms with Crippen molar-refractivity contribution >= 4 is 15.8 Å². The van der Waals surface area contributed by atoms with Crippen LogP contribution in [-0.2, 0) is 16.6 Å². The van der Waals surface area contributed by atoms with Crippen LogP contribution in [0.4, 0.5) is 0 Å². The lowest BCUT2D eigenvalue weighted by Gasteiger charge is -2.06. The lowest BCUT2D eigenvalue weighted by Crippen LogP contribution is -2.23. The van der Waals surface area contributed by atoms with Gasteiger partial charge in [0.2, 0.25) is 15.9 Å². The smallest absolute Gasteiger partial charge is 0.241 e. The van der Waals surface area contributed by atoms with Crippen LogP contribution >= 0.6 is 0 Å². The van der Waals surface area contributed by atoms with E-state index in [1.165, 1.54) is 25.1 Å². The summed E-state index contributed by atoms with van der Waals surface area (Å²) in [6, 6.07) is 15.3. The van der Waals surface area contributed by atoms with Crippen LogP contribution in [0.3, 0.4) is 0 Å². The lowest BCUT2D eigenvalue weighted by atomic mass is 10.2. The van der Waals surface area contributed by atoms with Crippen LogP contribution in [0.25, 0.3) is 11.3 Å². The molecule has 25 heavy (non-hydrogen) atoms. The molecule has 1 aromatic heterocycles. The third kappa shape index (κ3) is 4.01. The van der Waals surface area contributed by atoms with E-state index in [-0.39, 0.29) is 23.1 Å². The van der Waals surface area contributed by atoms with Gasteiger partial charge in [-0.2, -0.15) is 0 Å². The van der Waals surface area contributed by atoms with E-state index in [1.54, 1.807) is 12.3 Å². The maximum atomic E-state index is 12.4. The third-order valence-electron chi connectivity index (χ3n) is 3.58. The molecule has 3 aromatic rings. The summed E-state index contributed by atoms with van der Waals surface area (Å²) in [7, 11) is -3.77. The Balaban J connectivity index is 1.74. The largest absolute Gasteiger partial charge is 0.439 e. The Hall–Kier alpha value is -2.77. The second-order valence-electron chi connectivity index (χ2n) is 5.39. The van der Waals surface area contributed by atoms with E-state index in [0.717, 1.165) is 5.56 Å². The van der Waals surface area contributed by atoms with Crippen molar-refractivity contribution < 1.29 is 17.6 Å². The molecule has 0 atom stereocenters.